The van der Waals surface area contributed by atoms with Gasteiger partial charge in [-0.3, -0.25) is 0 Å². The van der Waals surface area contributed by atoms with Gasteiger partial charge in [0.05, 0.1) is 12.8 Å². The van der Waals surface area contributed by atoms with Crippen LogP contribution in [0.1, 0.15) is 38.7 Å². The molecule has 1 aliphatic rings. The van der Waals surface area contributed by atoms with Crippen LogP contribution in [0, 0.1) is 12.3 Å². The Bertz CT molecular complexity index is 398. The molecule has 0 heterocycles. The second-order valence-electron chi connectivity index (χ2n) is 5.78. The molecule has 0 saturated heterocycles. The summed E-state index contributed by atoms with van der Waals surface area (Å²) >= 11 is 0. The van der Waals surface area contributed by atoms with Crippen LogP contribution in [0.4, 0.5) is 5.69 Å². The Kier molecular flexibility index (Phi) is 3.32. The van der Waals surface area contributed by atoms with Gasteiger partial charge in [0.15, 0.2) is 0 Å². The van der Waals surface area contributed by atoms with Crippen molar-refractivity contribution in [3.63, 3.8) is 0 Å². The lowest BCUT2D eigenvalue weighted by Gasteiger charge is -2.29. The molecule has 1 atom stereocenters. The fourth-order valence-electron chi connectivity index (χ4n) is 2.70. The first-order valence-corrected chi connectivity index (χ1v) is 6.44. The molecule has 94 valence electrons. The van der Waals surface area contributed by atoms with Crippen molar-refractivity contribution < 1.29 is 4.74 Å². The number of aryl methyl sites for hydroxylation is 1. The van der Waals surface area contributed by atoms with Crippen molar-refractivity contribution in [1.82, 2.24) is 0 Å². The van der Waals surface area contributed by atoms with E-state index in [-0.39, 0.29) is 0 Å². The first kappa shape index (κ1) is 12.3. The van der Waals surface area contributed by atoms with Crippen LogP contribution in [0.25, 0.3) is 0 Å². The third-order valence-corrected chi connectivity index (χ3v) is 3.94. The van der Waals surface area contributed by atoms with Gasteiger partial charge in [-0.15, -0.1) is 0 Å². The summed E-state index contributed by atoms with van der Waals surface area (Å²) < 4.78 is 5.44. The van der Waals surface area contributed by atoms with Crippen molar-refractivity contribution in [2.24, 2.45) is 5.41 Å². The second kappa shape index (κ2) is 4.59. The molecule has 2 rings (SSSR count). The highest BCUT2D eigenvalue weighted by Gasteiger charge is 2.34. The van der Waals surface area contributed by atoms with Crippen molar-refractivity contribution >= 4 is 5.69 Å². The normalized spacial score (nSPS) is 22.5. The van der Waals surface area contributed by atoms with E-state index in [1.54, 1.807) is 7.11 Å². The largest absolute Gasteiger partial charge is 0.495 e. The number of rotatable bonds is 3. The Morgan fingerprint density at radius 3 is 2.71 bits per heavy atom. The van der Waals surface area contributed by atoms with Crippen molar-refractivity contribution in [3.8, 4) is 5.75 Å². The summed E-state index contributed by atoms with van der Waals surface area (Å²) in [4.78, 5) is 0. The quantitative estimate of drug-likeness (QED) is 0.852. The molecule has 2 nitrogen and oxygen atoms in total. The molecule has 0 radical (unpaired) electrons. The van der Waals surface area contributed by atoms with Crippen LogP contribution < -0.4 is 10.1 Å². The minimum atomic E-state index is 0.385. The summed E-state index contributed by atoms with van der Waals surface area (Å²) in [6.45, 7) is 6.78. The zero-order chi connectivity index (χ0) is 12.5. The number of nitrogens with one attached hydrogen (secondary N) is 1. The number of benzene rings is 1. The highest BCUT2D eigenvalue weighted by Crippen LogP contribution is 2.40. The first-order valence-electron chi connectivity index (χ1n) is 6.44. The first-order chi connectivity index (χ1) is 8.03. The van der Waals surface area contributed by atoms with Crippen LogP contribution in [0.2, 0.25) is 0 Å². The molecule has 0 aliphatic heterocycles. The van der Waals surface area contributed by atoms with Gasteiger partial charge in [-0.2, -0.15) is 0 Å². The molecule has 17 heavy (non-hydrogen) atoms. The van der Waals surface area contributed by atoms with E-state index in [4.69, 9.17) is 4.74 Å². The van der Waals surface area contributed by atoms with Gasteiger partial charge < -0.3 is 10.1 Å². The maximum absolute atomic E-state index is 5.44. The van der Waals surface area contributed by atoms with Gasteiger partial charge in [-0.05, 0) is 42.9 Å². The van der Waals surface area contributed by atoms with Gasteiger partial charge >= 0.3 is 0 Å². The molecular weight excluding hydrogens is 210 g/mol. The Hall–Kier alpha value is -1.18. The van der Waals surface area contributed by atoms with E-state index in [2.05, 4.69) is 44.3 Å². The average molecular weight is 233 g/mol. The van der Waals surface area contributed by atoms with Gasteiger partial charge in [-0.1, -0.05) is 26.3 Å². The lowest BCUT2D eigenvalue weighted by Crippen LogP contribution is -2.30. The summed E-state index contributed by atoms with van der Waals surface area (Å²) in [7, 11) is 1.74. The minimum absolute atomic E-state index is 0.385. The van der Waals surface area contributed by atoms with Crippen LogP contribution in [-0.2, 0) is 0 Å². The van der Waals surface area contributed by atoms with E-state index in [9.17, 15) is 0 Å². The van der Waals surface area contributed by atoms with E-state index in [1.807, 2.05) is 0 Å². The zero-order valence-corrected chi connectivity index (χ0v) is 11.3. The number of ether oxygens (including phenoxy) is 1. The smallest absolute Gasteiger partial charge is 0.142 e. The van der Waals surface area contributed by atoms with Crippen molar-refractivity contribution in [1.29, 1.82) is 0 Å². The zero-order valence-electron chi connectivity index (χ0n) is 11.3. The molecule has 0 amide bonds. The lowest BCUT2D eigenvalue weighted by molar-refractivity contribution is 0.348. The molecule has 1 aromatic carbocycles. The van der Waals surface area contributed by atoms with Crippen molar-refractivity contribution in [2.45, 2.75) is 46.1 Å². The molecule has 1 fully saturated rings. The van der Waals surface area contributed by atoms with Crippen LogP contribution in [0.5, 0.6) is 5.75 Å². The highest BCUT2D eigenvalue weighted by atomic mass is 16.5. The van der Waals surface area contributed by atoms with E-state index in [0.29, 0.717) is 11.5 Å². The van der Waals surface area contributed by atoms with E-state index >= 15 is 0 Å². The molecule has 1 N–H and O–H groups in total. The van der Waals surface area contributed by atoms with Crippen LogP contribution in [0.15, 0.2) is 18.2 Å². The summed E-state index contributed by atoms with van der Waals surface area (Å²) in [5.41, 5.74) is 2.74. The molecule has 0 aromatic heterocycles. The third kappa shape index (κ3) is 2.56. The molecule has 0 spiro atoms. The fraction of sp³-hybridized carbons (Fsp3) is 0.600. The lowest BCUT2D eigenvalue weighted by atomic mass is 9.87. The monoisotopic (exact) mass is 233 g/mol. The van der Waals surface area contributed by atoms with E-state index in [0.717, 1.165) is 11.4 Å². The van der Waals surface area contributed by atoms with Crippen molar-refractivity contribution in [2.75, 3.05) is 12.4 Å². The molecule has 1 unspecified atom stereocenters. The molecule has 1 saturated carbocycles. The summed E-state index contributed by atoms with van der Waals surface area (Å²) in [5.74, 6) is 0.952. The predicted molar refractivity (Wildman–Crippen MR) is 72.8 cm³/mol. The molecule has 1 aromatic rings. The Labute approximate surface area is 104 Å². The maximum atomic E-state index is 5.44. The number of hydrogen-bond acceptors (Lipinski definition) is 2. The Morgan fingerprint density at radius 2 is 2.12 bits per heavy atom. The highest BCUT2D eigenvalue weighted by molar-refractivity contribution is 5.58. The number of methoxy groups -OCH3 is 1. The van der Waals surface area contributed by atoms with Gasteiger partial charge in [0.2, 0.25) is 0 Å². The summed E-state index contributed by atoms with van der Waals surface area (Å²) in [6, 6.07) is 6.90. The van der Waals surface area contributed by atoms with Gasteiger partial charge in [0.1, 0.15) is 5.75 Å². The molecule has 0 bridgehead atoms. The SMILES string of the molecule is COc1cc(C)ccc1NC1CCCC1(C)C. The maximum Gasteiger partial charge on any atom is 0.142 e. The van der Waals surface area contributed by atoms with Crippen LogP contribution in [0.3, 0.4) is 0 Å². The van der Waals surface area contributed by atoms with Gasteiger partial charge in [0, 0.05) is 6.04 Å². The van der Waals surface area contributed by atoms with E-state index < -0.39 is 0 Å². The van der Waals surface area contributed by atoms with Gasteiger partial charge in [0.25, 0.3) is 0 Å². The fourth-order valence-corrected chi connectivity index (χ4v) is 2.70. The topological polar surface area (TPSA) is 21.3 Å². The molecule has 1 aliphatic carbocycles. The molecule has 2 heteroatoms. The molecular formula is C15H23NO. The van der Waals surface area contributed by atoms with Gasteiger partial charge in [-0.25, -0.2) is 0 Å². The average Bonchev–Trinajstić information content (AvgIpc) is 2.61. The van der Waals surface area contributed by atoms with Crippen molar-refractivity contribution in [3.05, 3.63) is 23.8 Å². The Balaban J connectivity index is 2.18. The summed E-state index contributed by atoms with van der Waals surface area (Å²) in [6.07, 6.45) is 3.88. The predicted octanol–water partition coefficient (Wildman–Crippen LogP) is 3.99. The second-order valence-corrected chi connectivity index (χ2v) is 5.78. The minimum Gasteiger partial charge on any atom is -0.495 e. The number of anilines is 1. The standard InChI is InChI=1S/C15H23NO/c1-11-7-8-12(13(10-11)17-4)16-14-6-5-9-15(14,2)3/h7-8,10,14,16H,5-6,9H2,1-4H3. The van der Waals surface area contributed by atoms with Crippen LogP contribution in [-0.4, -0.2) is 13.2 Å². The van der Waals surface area contributed by atoms with E-state index in [1.165, 1.54) is 24.8 Å². The number of hydrogen-bond donors (Lipinski definition) is 1. The summed E-state index contributed by atoms with van der Waals surface area (Å²) in [5, 5.41) is 3.65. The third-order valence-electron chi connectivity index (χ3n) is 3.94. The van der Waals surface area contributed by atoms with Crippen LogP contribution >= 0.6 is 0 Å². The Morgan fingerprint density at radius 1 is 1.35 bits per heavy atom.